The molecule has 0 spiro atoms. The lowest BCUT2D eigenvalue weighted by Gasteiger charge is -2.35. The van der Waals surface area contributed by atoms with Crippen molar-refractivity contribution in [3.8, 4) is 6.07 Å². The van der Waals surface area contributed by atoms with Crippen LogP contribution in [0.4, 0.5) is 24.8 Å². The second-order valence-corrected chi connectivity index (χ2v) is 13.4. The molecule has 12 nitrogen and oxygen atoms in total. The number of halogens is 3. The minimum absolute atomic E-state index is 0.0967. The topological polar surface area (TPSA) is 135 Å². The first kappa shape index (κ1) is 37.8. The van der Waals surface area contributed by atoms with E-state index in [0.29, 0.717) is 96.1 Å². The molecule has 4 heterocycles. The summed E-state index contributed by atoms with van der Waals surface area (Å²) in [7, 11) is 0. The molecule has 51 heavy (non-hydrogen) atoms. The monoisotopic (exact) mass is 712 g/mol. The summed E-state index contributed by atoms with van der Waals surface area (Å²) in [5.74, 6) is -0.964. The Bertz CT molecular complexity index is 1530. The van der Waals surface area contributed by atoms with Crippen LogP contribution >= 0.6 is 0 Å². The number of benzene rings is 1. The third kappa shape index (κ3) is 10.5. The van der Waals surface area contributed by atoms with Gasteiger partial charge in [0.05, 0.1) is 24.8 Å². The number of hydrogen-bond acceptors (Lipinski definition) is 10. The number of carbonyl (C=O) groups excluding carboxylic acids is 3. The van der Waals surface area contributed by atoms with Crippen molar-refractivity contribution in [2.75, 3.05) is 75.3 Å². The fourth-order valence-electron chi connectivity index (χ4n) is 7.06. The molecule has 2 amide bonds. The van der Waals surface area contributed by atoms with Crippen LogP contribution in [0.2, 0.25) is 0 Å². The third-order valence-electron chi connectivity index (χ3n) is 9.92. The zero-order valence-electron chi connectivity index (χ0n) is 29.2. The molecule has 0 saturated carbocycles. The van der Waals surface area contributed by atoms with E-state index in [1.807, 2.05) is 26.8 Å². The van der Waals surface area contributed by atoms with Crippen LogP contribution in [0.15, 0.2) is 30.3 Å². The Balaban J connectivity index is 1.11. The molecule has 3 aliphatic heterocycles. The highest BCUT2D eigenvalue weighted by molar-refractivity contribution is 5.85. The van der Waals surface area contributed by atoms with Crippen LogP contribution < -0.4 is 15.1 Å². The predicted molar refractivity (Wildman–Crippen MR) is 184 cm³/mol. The molecule has 2 aromatic rings. The minimum Gasteiger partial charge on any atom is -0.465 e. The van der Waals surface area contributed by atoms with E-state index in [4.69, 9.17) is 10.00 Å². The molecule has 0 aliphatic carbocycles. The molecule has 15 heteroatoms. The molecular formula is C36H47F3N8O4. The molecule has 0 radical (unpaired) electrons. The van der Waals surface area contributed by atoms with Gasteiger partial charge in [-0.15, -0.1) is 0 Å². The second-order valence-electron chi connectivity index (χ2n) is 13.4. The number of anilines is 2. The standard InChI is InChI=1S/C36H47F3N8O4/c1-2-51-33(49)25-44-19-21-46(22-20-44)32(48)7-3-5-26-13-17-45(18-14-26)30-23-31(43-35(42-30)36(37,38)39)47-16-4-6-29(47)34(50)41-15-12-27-8-10-28(24-40)11-9-27/h8-11,23,26,29H,2-7,12-22,25H2,1H3,(H,41,50)/t29-/m0/s1. The molecule has 1 N–H and O–H groups in total. The van der Waals surface area contributed by atoms with Gasteiger partial charge in [-0.1, -0.05) is 12.1 Å². The van der Waals surface area contributed by atoms with E-state index < -0.39 is 18.0 Å². The van der Waals surface area contributed by atoms with Gasteiger partial charge in [-0.2, -0.15) is 18.4 Å². The predicted octanol–water partition coefficient (Wildman–Crippen LogP) is 3.79. The van der Waals surface area contributed by atoms with Gasteiger partial charge in [-0.05, 0) is 75.5 Å². The lowest BCUT2D eigenvalue weighted by molar-refractivity contribution is -0.146. The van der Waals surface area contributed by atoms with Crippen LogP contribution in [0.3, 0.4) is 0 Å². The summed E-state index contributed by atoms with van der Waals surface area (Å²) in [5, 5.41) is 11.9. The van der Waals surface area contributed by atoms with Crippen LogP contribution in [-0.2, 0) is 31.7 Å². The zero-order valence-corrected chi connectivity index (χ0v) is 29.2. The van der Waals surface area contributed by atoms with Crippen molar-refractivity contribution in [3.05, 3.63) is 47.3 Å². The minimum atomic E-state index is -4.75. The van der Waals surface area contributed by atoms with E-state index >= 15 is 0 Å². The van der Waals surface area contributed by atoms with Crippen molar-refractivity contribution in [2.24, 2.45) is 5.92 Å². The number of esters is 1. The van der Waals surface area contributed by atoms with E-state index in [1.165, 1.54) is 0 Å². The van der Waals surface area contributed by atoms with Crippen molar-refractivity contribution in [2.45, 2.75) is 70.5 Å². The number of amides is 2. The lowest BCUT2D eigenvalue weighted by Crippen LogP contribution is -2.50. The number of hydrogen-bond donors (Lipinski definition) is 1. The number of piperazine rings is 1. The first-order valence-electron chi connectivity index (χ1n) is 17.9. The Hall–Kier alpha value is -4.45. The largest absolute Gasteiger partial charge is 0.465 e. The number of carbonyl (C=O) groups is 3. The van der Waals surface area contributed by atoms with E-state index in [-0.39, 0.29) is 36.0 Å². The quantitative estimate of drug-likeness (QED) is 0.306. The maximum Gasteiger partial charge on any atom is 0.451 e. The maximum atomic E-state index is 14.0. The van der Waals surface area contributed by atoms with Crippen LogP contribution in [0, 0.1) is 17.2 Å². The van der Waals surface area contributed by atoms with E-state index in [0.717, 1.165) is 31.2 Å². The van der Waals surface area contributed by atoms with Gasteiger partial charge in [0, 0.05) is 64.8 Å². The first-order chi connectivity index (χ1) is 24.5. The summed E-state index contributed by atoms with van der Waals surface area (Å²) < 4.78 is 47.1. The number of nitrogens with one attached hydrogen (secondary N) is 1. The van der Waals surface area contributed by atoms with Crippen molar-refractivity contribution >= 4 is 29.4 Å². The van der Waals surface area contributed by atoms with Crippen LogP contribution in [0.5, 0.6) is 0 Å². The number of nitrogens with zero attached hydrogens (tertiary/aromatic N) is 7. The summed E-state index contributed by atoms with van der Waals surface area (Å²) in [5.41, 5.74) is 1.51. The average molecular weight is 713 g/mol. The van der Waals surface area contributed by atoms with Crippen LogP contribution in [0.25, 0.3) is 0 Å². The van der Waals surface area contributed by atoms with Gasteiger partial charge in [-0.3, -0.25) is 19.3 Å². The second kappa shape index (κ2) is 17.7. The molecular weight excluding hydrogens is 665 g/mol. The van der Waals surface area contributed by atoms with E-state index in [2.05, 4.69) is 21.4 Å². The molecule has 0 unspecified atom stereocenters. The van der Waals surface area contributed by atoms with Gasteiger partial charge < -0.3 is 24.8 Å². The summed E-state index contributed by atoms with van der Waals surface area (Å²) >= 11 is 0. The SMILES string of the molecule is CCOC(=O)CN1CCN(C(=O)CCCC2CCN(c3cc(N4CCC[C@H]4C(=O)NCCc4ccc(C#N)cc4)nc(C(F)(F)F)n3)CC2)CC1. The first-order valence-corrected chi connectivity index (χ1v) is 17.9. The molecule has 0 bridgehead atoms. The highest BCUT2D eigenvalue weighted by Crippen LogP contribution is 2.34. The van der Waals surface area contributed by atoms with Gasteiger partial charge in [-0.25, -0.2) is 9.97 Å². The number of aromatic nitrogens is 2. The molecule has 3 saturated heterocycles. The number of alkyl halides is 3. The van der Waals surface area contributed by atoms with Crippen molar-refractivity contribution in [1.82, 2.24) is 25.1 Å². The maximum absolute atomic E-state index is 14.0. The van der Waals surface area contributed by atoms with E-state index in [1.54, 1.807) is 30.0 Å². The Morgan fingerprint density at radius 1 is 0.980 bits per heavy atom. The fourth-order valence-corrected chi connectivity index (χ4v) is 7.06. The summed E-state index contributed by atoms with van der Waals surface area (Å²) in [6.07, 6.45) is 0.560. The molecule has 1 atom stereocenters. The van der Waals surface area contributed by atoms with Crippen LogP contribution in [0.1, 0.15) is 68.8 Å². The normalized spacial score (nSPS) is 18.8. The van der Waals surface area contributed by atoms with Gasteiger partial charge in [0.2, 0.25) is 17.6 Å². The molecule has 5 rings (SSSR count). The average Bonchev–Trinajstić information content (AvgIpc) is 3.63. The van der Waals surface area contributed by atoms with Crippen LogP contribution in [-0.4, -0.2) is 109 Å². The molecule has 3 fully saturated rings. The van der Waals surface area contributed by atoms with Crippen molar-refractivity contribution in [1.29, 1.82) is 5.26 Å². The molecule has 1 aromatic heterocycles. The zero-order chi connectivity index (χ0) is 36.4. The number of ether oxygens (including phenoxy) is 1. The summed E-state index contributed by atoms with van der Waals surface area (Å²) in [6.45, 7) is 6.64. The highest BCUT2D eigenvalue weighted by Gasteiger charge is 2.39. The lowest BCUT2D eigenvalue weighted by atomic mass is 9.91. The molecule has 1 aromatic carbocycles. The molecule has 276 valence electrons. The summed E-state index contributed by atoms with van der Waals surface area (Å²) in [6, 6.07) is 10.1. The van der Waals surface area contributed by atoms with Gasteiger partial charge in [0.1, 0.15) is 17.7 Å². The molecule has 3 aliphatic rings. The third-order valence-corrected chi connectivity index (χ3v) is 9.92. The Morgan fingerprint density at radius 3 is 2.35 bits per heavy atom. The Labute approximate surface area is 296 Å². The smallest absolute Gasteiger partial charge is 0.451 e. The van der Waals surface area contributed by atoms with E-state index in [9.17, 15) is 27.6 Å². The number of nitriles is 1. The number of rotatable bonds is 13. The fraction of sp³-hybridized carbons (Fsp3) is 0.611. The Morgan fingerprint density at radius 2 is 1.69 bits per heavy atom. The van der Waals surface area contributed by atoms with Gasteiger partial charge >= 0.3 is 12.1 Å². The summed E-state index contributed by atoms with van der Waals surface area (Å²) in [4.78, 5) is 52.9. The number of piperidine rings is 1. The van der Waals surface area contributed by atoms with Gasteiger partial charge in [0.25, 0.3) is 0 Å². The highest BCUT2D eigenvalue weighted by atomic mass is 19.4. The van der Waals surface area contributed by atoms with Crippen molar-refractivity contribution in [3.63, 3.8) is 0 Å². The van der Waals surface area contributed by atoms with Gasteiger partial charge in [0.15, 0.2) is 0 Å². The Kier molecular flexibility index (Phi) is 13.1. The van der Waals surface area contributed by atoms with Crippen molar-refractivity contribution < 1.29 is 32.3 Å².